The quantitative estimate of drug-likeness (QED) is 0.894. The maximum atomic E-state index is 11.2. The Morgan fingerprint density at radius 1 is 1.39 bits per heavy atom. The average Bonchev–Trinajstić information content (AvgIpc) is 2.51. The normalized spacial score (nSPS) is 26.5. The molecule has 0 radical (unpaired) electrons. The summed E-state index contributed by atoms with van der Waals surface area (Å²) in [5.74, 6) is -0.416. The van der Waals surface area contributed by atoms with Gasteiger partial charge in [-0.3, -0.25) is 0 Å². The van der Waals surface area contributed by atoms with E-state index in [0.717, 1.165) is 38.8 Å². The number of nitrogens with one attached hydrogen (secondary N) is 1. The van der Waals surface area contributed by atoms with Crippen molar-refractivity contribution in [3.05, 3.63) is 34.9 Å². The molecular weight excluding hydrogens is 290 g/mol. The third kappa shape index (κ3) is 3.93. The van der Waals surface area contributed by atoms with Gasteiger partial charge >= 0.3 is 5.97 Å². The number of fused-ring (bicyclic) bond motifs is 1. The predicted molar refractivity (Wildman–Crippen MR) is 90.1 cm³/mol. The number of hydrogen-bond donors (Lipinski definition) is 2. The van der Waals surface area contributed by atoms with Crippen LogP contribution in [0, 0.1) is 0 Å². The summed E-state index contributed by atoms with van der Waals surface area (Å²) < 4.78 is 5.78. The summed E-state index contributed by atoms with van der Waals surface area (Å²) in [4.78, 5) is 11.2. The van der Waals surface area contributed by atoms with Gasteiger partial charge < -0.3 is 15.2 Å². The Kier molecular flexibility index (Phi) is 4.74. The molecule has 1 aromatic carbocycles. The molecule has 1 aromatic rings. The molecule has 0 saturated carbocycles. The Morgan fingerprint density at radius 3 is 2.96 bits per heavy atom. The van der Waals surface area contributed by atoms with Crippen LogP contribution in [0.4, 0.5) is 0 Å². The third-order valence-corrected chi connectivity index (χ3v) is 5.18. The maximum Gasteiger partial charge on any atom is 0.335 e. The Balaban J connectivity index is 1.68. The second-order valence-corrected chi connectivity index (χ2v) is 7.51. The standard InChI is InChI=1S/C19H27NO3/c1-19(2)11-16(8-9-23-19)20-12-15-5-3-4-13-6-7-14(18(21)22)10-17(13)15/h6-7,10,15-16,20H,3-5,8-9,11-12H2,1-2H3,(H,21,22). The van der Waals surface area contributed by atoms with E-state index in [9.17, 15) is 9.90 Å². The Morgan fingerprint density at radius 2 is 2.22 bits per heavy atom. The summed E-state index contributed by atoms with van der Waals surface area (Å²) in [5.41, 5.74) is 2.91. The molecule has 23 heavy (non-hydrogen) atoms. The van der Waals surface area contributed by atoms with Crippen LogP contribution in [0.2, 0.25) is 0 Å². The number of aromatic carboxylic acids is 1. The van der Waals surface area contributed by atoms with E-state index in [4.69, 9.17) is 4.74 Å². The summed E-state index contributed by atoms with van der Waals surface area (Å²) in [7, 11) is 0. The van der Waals surface area contributed by atoms with Gasteiger partial charge in [-0.1, -0.05) is 6.07 Å². The van der Waals surface area contributed by atoms with Crippen LogP contribution in [0.1, 0.15) is 66.9 Å². The van der Waals surface area contributed by atoms with Gasteiger partial charge in [0, 0.05) is 19.2 Å². The van der Waals surface area contributed by atoms with Gasteiger partial charge in [-0.25, -0.2) is 4.79 Å². The molecule has 1 saturated heterocycles. The SMILES string of the molecule is CC1(C)CC(NCC2CCCc3ccc(C(=O)O)cc32)CCO1. The van der Waals surface area contributed by atoms with E-state index in [1.54, 1.807) is 6.07 Å². The van der Waals surface area contributed by atoms with Crippen molar-refractivity contribution in [3.8, 4) is 0 Å². The van der Waals surface area contributed by atoms with Gasteiger partial charge in [0.1, 0.15) is 0 Å². The second kappa shape index (κ2) is 6.62. The molecule has 0 spiro atoms. The van der Waals surface area contributed by atoms with Crippen molar-refractivity contribution in [2.45, 2.75) is 63.5 Å². The van der Waals surface area contributed by atoms with Gasteiger partial charge in [-0.05, 0) is 75.1 Å². The molecule has 1 aliphatic carbocycles. The van der Waals surface area contributed by atoms with Gasteiger partial charge in [-0.2, -0.15) is 0 Å². The first-order valence-electron chi connectivity index (χ1n) is 8.68. The number of carbonyl (C=O) groups is 1. The maximum absolute atomic E-state index is 11.2. The first-order valence-corrected chi connectivity index (χ1v) is 8.68. The van der Waals surface area contributed by atoms with Crippen LogP contribution in [0.3, 0.4) is 0 Å². The zero-order valence-electron chi connectivity index (χ0n) is 14.1. The number of ether oxygens (including phenoxy) is 1. The number of carboxylic acids is 1. The van der Waals surface area contributed by atoms with E-state index in [0.29, 0.717) is 17.5 Å². The molecule has 3 rings (SSSR count). The topological polar surface area (TPSA) is 58.6 Å². The summed E-state index contributed by atoms with van der Waals surface area (Å²) in [6.45, 7) is 6.04. The van der Waals surface area contributed by atoms with E-state index in [1.165, 1.54) is 17.5 Å². The van der Waals surface area contributed by atoms with Gasteiger partial charge in [0.15, 0.2) is 0 Å². The van der Waals surface area contributed by atoms with Gasteiger partial charge in [0.25, 0.3) is 0 Å². The first-order chi connectivity index (χ1) is 10.9. The summed E-state index contributed by atoms with van der Waals surface area (Å²) in [5, 5.41) is 12.9. The minimum Gasteiger partial charge on any atom is -0.478 e. The first kappa shape index (κ1) is 16.5. The van der Waals surface area contributed by atoms with Crippen LogP contribution in [0.5, 0.6) is 0 Å². The highest BCUT2D eigenvalue weighted by molar-refractivity contribution is 5.88. The Bertz CT molecular complexity index is 582. The number of rotatable bonds is 4. The van der Waals surface area contributed by atoms with Gasteiger partial charge in [-0.15, -0.1) is 0 Å². The lowest BCUT2D eigenvalue weighted by Gasteiger charge is -2.37. The molecule has 1 heterocycles. The number of aryl methyl sites for hydroxylation is 1. The minimum atomic E-state index is -0.837. The van der Waals surface area contributed by atoms with Crippen LogP contribution in [-0.4, -0.2) is 35.9 Å². The average molecular weight is 317 g/mol. The fraction of sp³-hybridized carbons (Fsp3) is 0.632. The Hall–Kier alpha value is -1.39. The van der Waals surface area contributed by atoms with Crippen molar-refractivity contribution in [1.82, 2.24) is 5.32 Å². The lowest BCUT2D eigenvalue weighted by Crippen LogP contribution is -2.45. The minimum absolute atomic E-state index is 0.0448. The molecule has 126 valence electrons. The summed E-state index contributed by atoms with van der Waals surface area (Å²) in [6.07, 6.45) is 5.47. The zero-order valence-corrected chi connectivity index (χ0v) is 14.1. The van der Waals surface area contributed by atoms with E-state index >= 15 is 0 Å². The predicted octanol–water partition coefficient (Wildman–Crippen LogP) is 3.35. The number of hydrogen-bond acceptors (Lipinski definition) is 3. The molecule has 4 nitrogen and oxygen atoms in total. The van der Waals surface area contributed by atoms with E-state index < -0.39 is 5.97 Å². The lowest BCUT2D eigenvalue weighted by molar-refractivity contribution is -0.0629. The van der Waals surface area contributed by atoms with E-state index in [2.05, 4.69) is 19.2 Å². The molecule has 1 aliphatic heterocycles. The molecule has 2 atom stereocenters. The molecule has 0 amide bonds. The molecule has 4 heteroatoms. The van der Waals surface area contributed by atoms with E-state index in [-0.39, 0.29) is 5.60 Å². The number of carboxylic acid groups (broad SMARTS) is 1. The highest BCUT2D eigenvalue weighted by atomic mass is 16.5. The largest absolute Gasteiger partial charge is 0.478 e. The molecule has 2 N–H and O–H groups in total. The van der Waals surface area contributed by atoms with Crippen molar-refractivity contribution in [3.63, 3.8) is 0 Å². The molecular formula is C19H27NO3. The second-order valence-electron chi connectivity index (χ2n) is 7.51. The molecule has 0 bridgehead atoms. The van der Waals surface area contributed by atoms with Crippen molar-refractivity contribution >= 4 is 5.97 Å². The van der Waals surface area contributed by atoms with Crippen molar-refractivity contribution < 1.29 is 14.6 Å². The fourth-order valence-electron chi connectivity index (χ4n) is 3.96. The summed E-state index contributed by atoms with van der Waals surface area (Å²) >= 11 is 0. The van der Waals surface area contributed by atoms with Crippen molar-refractivity contribution in [2.75, 3.05) is 13.2 Å². The Labute approximate surface area is 138 Å². The molecule has 1 fully saturated rings. The summed E-state index contributed by atoms with van der Waals surface area (Å²) in [6, 6.07) is 6.11. The van der Waals surface area contributed by atoms with Crippen LogP contribution in [0.25, 0.3) is 0 Å². The van der Waals surface area contributed by atoms with Crippen LogP contribution in [0.15, 0.2) is 18.2 Å². The monoisotopic (exact) mass is 317 g/mol. The number of benzene rings is 1. The molecule has 2 aliphatic rings. The van der Waals surface area contributed by atoms with Crippen LogP contribution in [-0.2, 0) is 11.2 Å². The highest BCUT2D eigenvalue weighted by Gasteiger charge is 2.29. The van der Waals surface area contributed by atoms with Crippen LogP contribution >= 0.6 is 0 Å². The lowest BCUT2D eigenvalue weighted by atomic mass is 9.81. The zero-order chi connectivity index (χ0) is 16.4. The van der Waals surface area contributed by atoms with E-state index in [1.807, 2.05) is 12.1 Å². The third-order valence-electron chi connectivity index (χ3n) is 5.18. The molecule has 0 aromatic heterocycles. The fourth-order valence-corrected chi connectivity index (χ4v) is 3.96. The molecule has 2 unspecified atom stereocenters. The highest BCUT2D eigenvalue weighted by Crippen LogP contribution is 2.32. The van der Waals surface area contributed by atoms with Gasteiger partial charge in [0.2, 0.25) is 0 Å². The van der Waals surface area contributed by atoms with Gasteiger partial charge in [0.05, 0.1) is 11.2 Å². The van der Waals surface area contributed by atoms with Crippen LogP contribution < -0.4 is 5.32 Å². The van der Waals surface area contributed by atoms with Crippen molar-refractivity contribution in [1.29, 1.82) is 0 Å². The van der Waals surface area contributed by atoms with Crippen molar-refractivity contribution in [2.24, 2.45) is 0 Å². The smallest absolute Gasteiger partial charge is 0.335 e.